The van der Waals surface area contributed by atoms with Gasteiger partial charge in [-0.3, -0.25) is 0 Å². The Hall–Kier alpha value is -1.89. The lowest BCUT2D eigenvalue weighted by Gasteiger charge is -2.37. The minimum Gasteiger partial charge on any atom is -0.444 e. The number of carbonyl (C=O) groups is 1. The predicted molar refractivity (Wildman–Crippen MR) is 93.4 cm³/mol. The summed E-state index contributed by atoms with van der Waals surface area (Å²) in [7, 11) is 0. The molecule has 1 aliphatic rings. The highest BCUT2D eigenvalue weighted by Crippen LogP contribution is 2.30. The van der Waals surface area contributed by atoms with Crippen molar-refractivity contribution in [1.29, 1.82) is 0 Å². The Morgan fingerprint density at radius 3 is 2.68 bits per heavy atom. The van der Waals surface area contributed by atoms with Gasteiger partial charge in [0, 0.05) is 37.5 Å². The van der Waals surface area contributed by atoms with Crippen molar-refractivity contribution >= 4 is 28.7 Å². The zero-order valence-corrected chi connectivity index (χ0v) is 15.4. The topological polar surface area (TPSA) is 60.2 Å². The molecule has 0 aromatic carbocycles. The van der Waals surface area contributed by atoms with Crippen molar-refractivity contribution in [2.75, 3.05) is 13.1 Å². The number of hydrogen-bond acceptors (Lipinski definition) is 4. The molecule has 8 heteroatoms. The van der Waals surface area contributed by atoms with Gasteiger partial charge < -0.3 is 14.2 Å². The van der Waals surface area contributed by atoms with Gasteiger partial charge in [0.25, 0.3) is 0 Å². The Kier molecular flexibility index (Phi) is 4.62. The van der Waals surface area contributed by atoms with Crippen molar-refractivity contribution in [2.45, 2.75) is 51.4 Å². The third-order valence-corrected chi connectivity index (χ3v) is 4.43. The summed E-state index contributed by atoms with van der Waals surface area (Å²) in [6, 6.07) is 3.55. The minimum atomic E-state index is -1.40. The number of fused-ring (bicyclic) bond motifs is 1. The molecule has 0 spiro atoms. The van der Waals surface area contributed by atoms with Gasteiger partial charge in [0.05, 0.1) is 6.54 Å². The summed E-state index contributed by atoms with van der Waals surface area (Å²) in [6.07, 6.45) is 1.92. The maximum absolute atomic E-state index is 15.2. The zero-order chi connectivity index (χ0) is 18.2. The standard InChI is InChI=1S/C17H22ClFN4O2/c1-16(2,3)25-15(24)22-8-5-17(19,6-9-22)11-23-7-4-12-10-13(18)20-21-14(12)23/h4,7,10H,5-6,8-9,11H2,1-3H3. The Morgan fingerprint density at radius 2 is 2.04 bits per heavy atom. The lowest BCUT2D eigenvalue weighted by molar-refractivity contribution is -0.000295. The second kappa shape index (κ2) is 6.44. The maximum atomic E-state index is 15.2. The van der Waals surface area contributed by atoms with E-state index in [1.165, 1.54) is 0 Å². The summed E-state index contributed by atoms with van der Waals surface area (Å²) in [5.41, 5.74) is -1.34. The Labute approximate surface area is 150 Å². The minimum absolute atomic E-state index is 0.176. The van der Waals surface area contributed by atoms with E-state index in [1.54, 1.807) is 21.7 Å². The fourth-order valence-corrected chi connectivity index (χ4v) is 3.12. The van der Waals surface area contributed by atoms with Crippen LogP contribution in [0.2, 0.25) is 5.15 Å². The van der Waals surface area contributed by atoms with Gasteiger partial charge in [-0.05, 0) is 32.9 Å². The Balaban J connectivity index is 1.65. The van der Waals surface area contributed by atoms with E-state index in [9.17, 15) is 4.79 Å². The molecule has 0 bridgehead atoms. The van der Waals surface area contributed by atoms with Crippen LogP contribution in [0.1, 0.15) is 33.6 Å². The van der Waals surface area contributed by atoms with Crippen molar-refractivity contribution in [3.8, 4) is 0 Å². The van der Waals surface area contributed by atoms with Crippen LogP contribution in [0.3, 0.4) is 0 Å². The van der Waals surface area contributed by atoms with Crippen LogP contribution < -0.4 is 0 Å². The molecule has 0 radical (unpaired) electrons. The summed E-state index contributed by atoms with van der Waals surface area (Å²) < 4.78 is 22.3. The van der Waals surface area contributed by atoms with Gasteiger partial charge in [-0.15, -0.1) is 10.2 Å². The van der Waals surface area contributed by atoms with E-state index < -0.39 is 11.3 Å². The normalized spacial score (nSPS) is 17.7. The van der Waals surface area contributed by atoms with Gasteiger partial charge in [0.2, 0.25) is 0 Å². The number of rotatable bonds is 2. The van der Waals surface area contributed by atoms with Crippen LogP contribution in [0.4, 0.5) is 9.18 Å². The molecule has 25 heavy (non-hydrogen) atoms. The number of alkyl halides is 1. The molecule has 0 N–H and O–H groups in total. The summed E-state index contributed by atoms with van der Waals surface area (Å²) in [6.45, 7) is 6.30. The van der Waals surface area contributed by atoms with Crippen molar-refractivity contribution in [1.82, 2.24) is 19.7 Å². The van der Waals surface area contributed by atoms with Gasteiger partial charge in [0.15, 0.2) is 10.8 Å². The van der Waals surface area contributed by atoms with Gasteiger partial charge in [-0.25, -0.2) is 9.18 Å². The van der Waals surface area contributed by atoms with E-state index in [4.69, 9.17) is 16.3 Å². The molecule has 0 unspecified atom stereocenters. The molecule has 0 aliphatic carbocycles. The van der Waals surface area contributed by atoms with Crippen molar-refractivity contribution in [3.63, 3.8) is 0 Å². The van der Waals surface area contributed by atoms with E-state index in [0.717, 1.165) is 5.39 Å². The summed E-state index contributed by atoms with van der Waals surface area (Å²) in [5, 5.41) is 9.02. The maximum Gasteiger partial charge on any atom is 0.410 e. The number of aromatic nitrogens is 3. The number of amides is 1. The van der Waals surface area contributed by atoms with Crippen molar-refractivity contribution < 1.29 is 13.9 Å². The molecular formula is C17H22ClFN4O2. The first-order chi connectivity index (χ1) is 11.7. The number of hydrogen-bond donors (Lipinski definition) is 0. The Morgan fingerprint density at radius 1 is 1.36 bits per heavy atom. The van der Waals surface area contributed by atoms with E-state index in [0.29, 0.717) is 23.9 Å². The van der Waals surface area contributed by atoms with E-state index in [1.807, 2.05) is 26.8 Å². The molecule has 3 rings (SSSR count). The fraction of sp³-hybridized carbons (Fsp3) is 0.588. The largest absolute Gasteiger partial charge is 0.444 e. The second-order valence-corrected chi connectivity index (χ2v) is 7.90. The summed E-state index contributed by atoms with van der Waals surface area (Å²) in [5.74, 6) is 0. The average Bonchev–Trinajstić information content (AvgIpc) is 2.87. The van der Waals surface area contributed by atoms with Crippen LogP contribution in [-0.4, -0.2) is 50.1 Å². The third kappa shape index (κ3) is 4.21. The molecule has 1 aliphatic heterocycles. The van der Waals surface area contributed by atoms with Crippen LogP contribution in [0, 0.1) is 0 Å². The number of likely N-dealkylation sites (tertiary alicyclic amines) is 1. The highest BCUT2D eigenvalue weighted by Gasteiger charge is 2.37. The smallest absolute Gasteiger partial charge is 0.410 e. The molecule has 2 aromatic heterocycles. The summed E-state index contributed by atoms with van der Waals surface area (Å²) in [4.78, 5) is 13.7. The molecule has 3 heterocycles. The molecule has 0 saturated carbocycles. The lowest BCUT2D eigenvalue weighted by Crippen LogP contribution is -2.47. The van der Waals surface area contributed by atoms with Crippen LogP contribution >= 0.6 is 11.6 Å². The molecule has 0 atom stereocenters. The molecular weight excluding hydrogens is 347 g/mol. The highest BCUT2D eigenvalue weighted by molar-refractivity contribution is 6.29. The van der Waals surface area contributed by atoms with Gasteiger partial charge in [0.1, 0.15) is 11.3 Å². The number of carbonyl (C=O) groups excluding carboxylic acids is 1. The van der Waals surface area contributed by atoms with Gasteiger partial charge in [-0.1, -0.05) is 11.6 Å². The predicted octanol–water partition coefficient (Wildman–Crippen LogP) is 3.82. The quantitative estimate of drug-likeness (QED) is 0.808. The number of piperidine rings is 1. The molecule has 1 amide bonds. The molecule has 2 aromatic rings. The van der Waals surface area contributed by atoms with E-state index in [-0.39, 0.29) is 25.5 Å². The van der Waals surface area contributed by atoms with Crippen LogP contribution in [0.5, 0.6) is 0 Å². The summed E-state index contributed by atoms with van der Waals surface area (Å²) >= 11 is 5.83. The SMILES string of the molecule is CC(C)(C)OC(=O)N1CCC(F)(Cn2ccc3cc(Cl)nnc32)CC1. The van der Waals surface area contributed by atoms with Crippen LogP contribution in [-0.2, 0) is 11.3 Å². The second-order valence-electron chi connectivity index (χ2n) is 7.51. The first kappa shape index (κ1) is 17.9. The molecule has 6 nitrogen and oxygen atoms in total. The molecule has 1 fully saturated rings. The first-order valence-corrected chi connectivity index (χ1v) is 8.68. The monoisotopic (exact) mass is 368 g/mol. The first-order valence-electron chi connectivity index (χ1n) is 8.30. The Bertz CT molecular complexity index is 779. The highest BCUT2D eigenvalue weighted by atomic mass is 35.5. The van der Waals surface area contributed by atoms with Crippen molar-refractivity contribution in [2.24, 2.45) is 0 Å². The third-order valence-electron chi connectivity index (χ3n) is 4.24. The average molecular weight is 369 g/mol. The van der Waals surface area contributed by atoms with Crippen LogP contribution in [0.25, 0.3) is 11.0 Å². The number of ether oxygens (including phenoxy) is 1. The number of halogens is 2. The fourth-order valence-electron chi connectivity index (χ4n) is 2.97. The lowest BCUT2D eigenvalue weighted by atomic mass is 9.93. The van der Waals surface area contributed by atoms with Crippen LogP contribution in [0.15, 0.2) is 18.3 Å². The van der Waals surface area contributed by atoms with E-state index in [2.05, 4.69) is 10.2 Å². The molecule has 1 saturated heterocycles. The van der Waals surface area contributed by atoms with E-state index >= 15 is 4.39 Å². The van der Waals surface area contributed by atoms with Crippen molar-refractivity contribution in [3.05, 3.63) is 23.5 Å². The van der Waals surface area contributed by atoms with Gasteiger partial charge >= 0.3 is 6.09 Å². The number of nitrogens with zero attached hydrogens (tertiary/aromatic N) is 4. The van der Waals surface area contributed by atoms with Gasteiger partial charge in [-0.2, -0.15) is 0 Å². The zero-order valence-electron chi connectivity index (χ0n) is 14.6. The molecule has 136 valence electrons.